The molecule has 1 fully saturated rings. The first-order valence-electron chi connectivity index (χ1n) is 7.59. The number of rotatable bonds is 4. The minimum Gasteiger partial charge on any atom is -0.495 e. The highest BCUT2D eigenvalue weighted by Crippen LogP contribution is 2.38. The summed E-state index contributed by atoms with van der Waals surface area (Å²) < 4.78 is 6.07. The largest absolute Gasteiger partial charge is 0.495 e. The highest BCUT2D eigenvalue weighted by molar-refractivity contribution is 9.10. The second-order valence-electron chi connectivity index (χ2n) is 5.69. The Morgan fingerprint density at radius 3 is 2.82 bits per heavy atom. The third-order valence-corrected chi connectivity index (χ3v) is 4.88. The number of hydrogen-bond acceptors (Lipinski definition) is 4. The number of benzene rings is 1. The molecular formula is C16H19BrN2O3. The van der Waals surface area contributed by atoms with Crippen molar-refractivity contribution in [2.75, 3.05) is 19.0 Å². The predicted molar refractivity (Wildman–Crippen MR) is 88.4 cm³/mol. The van der Waals surface area contributed by atoms with Gasteiger partial charge in [0, 0.05) is 4.47 Å². The highest BCUT2D eigenvalue weighted by atomic mass is 79.9. The molecule has 118 valence electrons. The van der Waals surface area contributed by atoms with E-state index in [4.69, 9.17) is 9.57 Å². The van der Waals surface area contributed by atoms with Crippen molar-refractivity contribution >= 4 is 33.2 Å². The van der Waals surface area contributed by atoms with Gasteiger partial charge in [0.25, 0.3) is 5.91 Å². The van der Waals surface area contributed by atoms with Gasteiger partial charge in [0.05, 0.1) is 18.4 Å². The number of halogens is 1. The van der Waals surface area contributed by atoms with Crippen LogP contribution < -0.4 is 10.1 Å². The summed E-state index contributed by atoms with van der Waals surface area (Å²) >= 11 is 3.46. The van der Waals surface area contributed by atoms with Gasteiger partial charge in [-0.2, -0.15) is 0 Å². The molecule has 1 aliphatic carbocycles. The molecule has 1 aromatic rings. The number of ether oxygens (including phenoxy) is 1. The molecule has 1 heterocycles. The molecule has 3 rings (SSSR count). The van der Waals surface area contributed by atoms with Crippen LogP contribution in [0.2, 0.25) is 0 Å². The van der Waals surface area contributed by atoms with Crippen LogP contribution in [0.25, 0.3) is 0 Å². The van der Waals surface area contributed by atoms with Crippen molar-refractivity contribution in [3.63, 3.8) is 0 Å². The number of oxime groups is 1. The minimum absolute atomic E-state index is 0.260. The van der Waals surface area contributed by atoms with E-state index >= 15 is 0 Å². The third-order valence-electron chi connectivity index (χ3n) is 4.22. The summed E-state index contributed by atoms with van der Waals surface area (Å²) in [5.74, 6) is 0.906. The Labute approximate surface area is 138 Å². The summed E-state index contributed by atoms with van der Waals surface area (Å²) in [5, 5.41) is 6.89. The topological polar surface area (TPSA) is 59.9 Å². The fourth-order valence-electron chi connectivity index (χ4n) is 3.02. The second kappa shape index (κ2) is 6.69. The lowest BCUT2D eigenvalue weighted by atomic mass is 9.90. The molecule has 22 heavy (non-hydrogen) atoms. The van der Waals surface area contributed by atoms with Crippen molar-refractivity contribution in [3.05, 3.63) is 22.2 Å². The first kappa shape index (κ1) is 15.3. The van der Waals surface area contributed by atoms with Gasteiger partial charge in [-0.05, 0) is 30.9 Å². The molecule has 0 spiro atoms. The van der Waals surface area contributed by atoms with E-state index in [9.17, 15) is 4.79 Å². The van der Waals surface area contributed by atoms with Crippen molar-refractivity contribution in [3.8, 4) is 5.75 Å². The summed E-state index contributed by atoms with van der Waals surface area (Å²) in [7, 11) is 1.57. The Bertz CT molecular complexity index is 610. The van der Waals surface area contributed by atoms with E-state index in [1.54, 1.807) is 13.2 Å². The van der Waals surface area contributed by atoms with E-state index in [0.29, 0.717) is 35.2 Å². The summed E-state index contributed by atoms with van der Waals surface area (Å²) in [6.45, 7) is 0.577. The Morgan fingerprint density at radius 2 is 2.09 bits per heavy atom. The van der Waals surface area contributed by atoms with Crippen molar-refractivity contribution in [1.29, 1.82) is 0 Å². The van der Waals surface area contributed by atoms with Gasteiger partial charge in [0.1, 0.15) is 12.4 Å². The zero-order valence-electron chi connectivity index (χ0n) is 12.5. The summed E-state index contributed by atoms with van der Waals surface area (Å²) in [4.78, 5) is 17.6. The zero-order chi connectivity index (χ0) is 15.5. The van der Waals surface area contributed by atoms with Gasteiger partial charge in [-0.25, -0.2) is 0 Å². The van der Waals surface area contributed by atoms with E-state index in [0.717, 1.165) is 4.47 Å². The molecule has 1 aliphatic heterocycles. The van der Waals surface area contributed by atoms with Gasteiger partial charge < -0.3 is 14.9 Å². The van der Waals surface area contributed by atoms with Gasteiger partial charge in [-0.3, -0.25) is 4.79 Å². The zero-order valence-corrected chi connectivity index (χ0v) is 14.1. The predicted octanol–water partition coefficient (Wildman–Crippen LogP) is 3.71. The van der Waals surface area contributed by atoms with E-state index in [2.05, 4.69) is 26.4 Å². The molecule has 1 aromatic carbocycles. The average Bonchev–Trinajstić information content (AvgIpc) is 2.86. The van der Waals surface area contributed by atoms with E-state index in [-0.39, 0.29) is 5.91 Å². The van der Waals surface area contributed by atoms with Gasteiger partial charge in [0.15, 0.2) is 5.71 Å². The molecule has 1 saturated carbocycles. The maximum atomic E-state index is 12.1. The lowest BCUT2D eigenvalue weighted by Gasteiger charge is -2.19. The smallest absolute Gasteiger partial charge is 0.278 e. The maximum Gasteiger partial charge on any atom is 0.278 e. The van der Waals surface area contributed by atoms with Crippen LogP contribution in [0.1, 0.15) is 37.7 Å². The number of fused-ring (bicyclic) bond motifs is 1. The van der Waals surface area contributed by atoms with Gasteiger partial charge in [-0.15, -0.1) is 0 Å². The number of hydrogen-bond donors (Lipinski definition) is 1. The quantitative estimate of drug-likeness (QED) is 0.826. The monoisotopic (exact) mass is 366 g/mol. The van der Waals surface area contributed by atoms with E-state index in [1.807, 2.05) is 6.07 Å². The van der Waals surface area contributed by atoms with Crippen molar-refractivity contribution in [2.45, 2.75) is 32.1 Å². The Hall–Kier alpha value is -1.56. The molecule has 1 amide bonds. The summed E-state index contributed by atoms with van der Waals surface area (Å²) in [5.41, 5.74) is 1.64. The number of methoxy groups -OCH3 is 1. The Morgan fingerprint density at radius 1 is 1.32 bits per heavy atom. The number of nitrogens with one attached hydrogen (secondary N) is 1. The molecule has 2 aliphatic rings. The van der Waals surface area contributed by atoms with Gasteiger partial charge >= 0.3 is 0 Å². The van der Waals surface area contributed by atoms with Crippen LogP contribution >= 0.6 is 15.9 Å². The van der Waals surface area contributed by atoms with Crippen molar-refractivity contribution in [1.82, 2.24) is 0 Å². The summed E-state index contributed by atoms with van der Waals surface area (Å²) in [6, 6.07) is 3.64. The maximum absolute atomic E-state index is 12.1. The van der Waals surface area contributed by atoms with E-state index < -0.39 is 0 Å². The minimum atomic E-state index is -0.260. The number of carbonyl (C=O) groups is 1. The molecule has 0 radical (unpaired) electrons. The number of nitrogens with zero attached hydrogens (tertiary/aromatic N) is 1. The van der Waals surface area contributed by atoms with Crippen LogP contribution in [-0.4, -0.2) is 25.3 Å². The molecule has 0 saturated heterocycles. The van der Waals surface area contributed by atoms with E-state index in [1.165, 1.54) is 32.1 Å². The van der Waals surface area contributed by atoms with Gasteiger partial charge in [-0.1, -0.05) is 40.3 Å². The standard InChI is InChI=1S/C16H19BrN2O3/c1-21-12-8-7-11(17)13-14(12)18-16(20)15(13)19-22-9-10-5-3-2-4-6-10/h7-8,10H,2-6,9H2,1H3,(H,18,19,20). The molecular weight excluding hydrogens is 348 g/mol. The lowest BCUT2D eigenvalue weighted by Crippen LogP contribution is -2.17. The molecule has 1 N–H and O–H groups in total. The molecule has 0 bridgehead atoms. The van der Waals surface area contributed by atoms with Gasteiger partial charge in [0.2, 0.25) is 0 Å². The van der Waals surface area contributed by atoms with Crippen LogP contribution in [0.15, 0.2) is 21.8 Å². The molecule has 0 aromatic heterocycles. The molecule has 0 atom stereocenters. The van der Waals surface area contributed by atoms with Crippen molar-refractivity contribution < 1.29 is 14.4 Å². The Kier molecular flexibility index (Phi) is 4.66. The van der Waals surface area contributed by atoms with Crippen LogP contribution in [0.5, 0.6) is 5.75 Å². The molecule has 6 heteroatoms. The van der Waals surface area contributed by atoms with Crippen LogP contribution in [0.4, 0.5) is 5.69 Å². The first-order valence-corrected chi connectivity index (χ1v) is 8.38. The van der Waals surface area contributed by atoms with Crippen LogP contribution in [0, 0.1) is 5.92 Å². The lowest BCUT2D eigenvalue weighted by molar-refractivity contribution is -0.110. The normalized spacial score (nSPS) is 19.9. The Balaban J connectivity index is 1.77. The third kappa shape index (κ3) is 2.97. The number of anilines is 1. The number of carbonyl (C=O) groups excluding carboxylic acids is 1. The first-order chi connectivity index (χ1) is 10.7. The average molecular weight is 367 g/mol. The number of amides is 1. The molecule has 5 nitrogen and oxygen atoms in total. The van der Waals surface area contributed by atoms with Crippen LogP contribution in [0.3, 0.4) is 0 Å². The van der Waals surface area contributed by atoms with Crippen LogP contribution in [-0.2, 0) is 9.63 Å². The van der Waals surface area contributed by atoms with Crippen molar-refractivity contribution in [2.24, 2.45) is 11.1 Å². The summed E-state index contributed by atoms with van der Waals surface area (Å²) in [6.07, 6.45) is 6.21. The SMILES string of the molecule is COc1ccc(Br)c2c1NC(=O)C2=NOCC1CCCCC1. The fraction of sp³-hybridized carbons (Fsp3) is 0.500. The highest BCUT2D eigenvalue weighted by Gasteiger charge is 2.32. The fourth-order valence-corrected chi connectivity index (χ4v) is 3.54. The molecule has 0 unspecified atom stereocenters. The second-order valence-corrected chi connectivity index (χ2v) is 6.55.